The molecule has 0 fully saturated rings. The Labute approximate surface area is 113 Å². The van der Waals surface area contributed by atoms with Crippen LogP contribution in [0, 0.1) is 13.8 Å². The SMILES string of the molecule is Cc1ccc(C=NCCCN=Cc2ccc(C)[nH]2)[nH]1. The number of aromatic amines is 2. The molecule has 2 heterocycles. The van der Waals surface area contributed by atoms with Gasteiger partial charge >= 0.3 is 0 Å². The van der Waals surface area contributed by atoms with Crippen molar-refractivity contribution in [1.82, 2.24) is 9.97 Å². The number of nitrogens with one attached hydrogen (secondary N) is 2. The highest BCUT2D eigenvalue weighted by Gasteiger charge is 1.91. The van der Waals surface area contributed by atoms with Crippen LogP contribution in [0.1, 0.15) is 29.2 Å². The zero-order chi connectivity index (χ0) is 13.5. The lowest BCUT2D eigenvalue weighted by molar-refractivity contribution is 0.850. The van der Waals surface area contributed by atoms with Crippen molar-refractivity contribution in [3.63, 3.8) is 0 Å². The van der Waals surface area contributed by atoms with Gasteiger partial charge in [0.1, 0.15) is 0 Å². The van der Waals surface area contributed by atoms with Crippen molar-refractivity contribution in [3.8, 4) is 0 Å². The van der Waals surface area contributed by atoms with E-state index in [2.05, 4.69) is 20.0 Å². The highest BCUT2D eigenvalue weighted by atomic mass is 14.8. The summed E-state index contributed by atoms with van der Waals surface area (Å²) in [5.74, 6) is 0. The number of aliphatic imine (C=N–C) groups is 2. The van der Waals surface area contributed by atoms with E-state index in [1.807, 2.05) is 50.5 Å². The molecule has 2 N–H and O–H groups in total. The lowest BCUT2D eigenvalue weighted by Crippen LogP contribution is -1.90. The fourth-order valence-corrected chi connectivity index (χ4v) is 1.78. The Balaban J connectivity index is 1.64. The van der Waals surface area contributed by atoms with Gasteiger partial charge in [0.15, 0.2) is 0 Å². The van der Waals surface area contributed by atoms with Crippen molar-refractivity contribution in [3.05, 3.63) is 47.0 Å². The summed E-state index contributed by atoms with van der Waals surface area (Å²) in [6.07, 6.45) is 4.72. The summed E-state index contributed by atoms with van der Waals surface area (Å²) in [6, 6.07) is 8.16. The van der Waals surface area contributed by atoms with Crippen LogP contribution in [0.15, 0.2) is 34.3 Å². The summed E-state index contributed by atoms with van der Waals surface area (Å²) in [7, 11) is 0. The summed E-state index contributed by atoms with van der Waals surface area (Å²) >= 11 is 0. The topological polar surface area (TPSA) is 56.3 Å². The van der Waals surface area contributed by atoms with Crippen LogP contribution >= 0.6 is 0 Å². The zero-order valence-electron chi connectivity index (χ0n) is 11.5. The van der Waals surface area contributed by atoms with Gasteiger partial charge in [-0.2, -0.15) is 0 Å². The first-order valence-electron chi connectivity index (χ1n) is 6.55. The normalized spacial score (nSPS) is 11.9. The van der Waals surface area contributed by atoms with Gasteiger partial charge in [-0.05, 0) is 44.5 Å². The number of nitrogens with zero attached hydrogens (tertiary/aromatic N) is 2. The molecule has 0 amide bonds. The molecule has 100 valence electrons. The molecule has 0 radical (unpaired) electrons. The first kappa shape index (κ1) is 13.3. The fourth-order valence-electron chi connectivity index (χ4n) is 1.78. The van der Waals surface area contributed by atoms with Crippen molar-refractivity contribution in [2.24, 2.45) is 9.98 Å². The quantitative estimate of drug-likeness (QED) is 0.590. The minimum Gasteiger partial charge on any atom is -0.358 e. The molecule has 2 rings (SSSR count). The molecule has 0 aromatic carbocycles. The predicted octanol–water partition coefficient (Wildman–Crippen LogP) is 2.89. The van der Waals surface area contributed by atoms with E-state index < -0.39 is 0 Å². The van der Waals surface area contributed by atoms with E-state index in [0.29, 0.717) is 0 Å². The Morgan fingerprint density at radius 3 is 1.68 bits per heavy atom. The molecule has 0 bridgehead atoms. The molecule has 0 aliphatic rings. The molecule has 0 aliphatic carbocycles. The minimum absolute atomic E-state index is 0.805. The largest absolute Gasteiger partial charge is 0.358 e. The highest BCUT2D eigenvalue weighted by molar-refractivity contribution is 5.77. The van der Waals surface area contributed by atoms with Gasteiger partial charge in [0.2, 0.25) is 0 Å². The molecule has 0 aliphatic heterocycles. The van der Waals surface area contributed by atoms with E-state index in [1.165, 1.54) is 0 Å². The van der Waals surface area contributed by atoms with Gasteiger partial charge in [0.05, 0.1) is 11.4 Å². The summed E-state index contributed by atoms with van der Waals surface area (Å²) in [6.45, 7) is 5.68. The fraction of sp³-hybridized carbons (Fsp3) is 0.333. The standard InChI is InChI=1S/C15H20N4/c1-12-4-6-14(18-12)10-16-8-3-9-17-11-15-7-5-13(2)19-15/h4-7,10-11,18-19H,3,8-9H2,1-2H3. The molecule has 2 aromatic rings. The summed E-state index contributed by atoms with van der Waals surface area (Å²) in [5.41, 5.74) is 4.44. The van der Waals surface area contributed by atoms with Gasteiger partial charge < -0.3 is 9.97 Å². The second-order valence-electron chi connectivity index (χ2n) is 4.62. The Morgan fingerprint density at radius 2 is 1.32 bits per heavy atom. The number of hydrogen-bond acceptors (Lipinski definition) is 2. The van der Waals surface area contributed by atoms with Crippen LogP contribution < -0.4 is 0 Å². The van der Waals surface area contributed by atoms with Crippen molar-refractivity contribution in [2.75, 3.05) is 13.1 Å². The van der Waals surface area contributed by atoms with Crippen LogP contribution in [0.3, 0.4) is 0 Å². The molecular formula is C15H20N4. The van der Waals surface area contributed by atoms with Crippen molar-refractivity contribution in [1.29, 1.82) is 0 Å². The Hall–Kier alpha value is -2.10. The van der Waals surface area contributed by atoms with Crippen molar-refractivity contribution < 1.29 is 0 Å². The molecule has 0 unspecified atom stereocenters. The van der Waals surface area contributed by atoms with E-state index >= 15 is 0 Å². The molecule has 0 saturated heterocycles. The van der Waals surface area contributed by atoms with E-state index in [1.54, 1.807) is 0 Å². The third-order valence-electron chi connectivity index (χ3n) is 2.74. The van der Waals surface area contributed by atoms with Crippen LogP contribution in [0.4, 0.5) is 0 Å². The molecule has 19 heavy (non-hydrogen) atoms. The van der Waals surface area contributed by atoms with E-state index in [0.717, 1.165) is 42.3 Å². The molecule has 4 nitrogen and oxygen atoms in total. The van der Waals surface area contributed by atoms with E-state index in [4.69, 9.17) is 0 Å². The Morgan fingerprint density at radius 1 is 0.842 bits per heavy atom. The molecule has 2 aromatic heterocycles. The lowest BCUT2D eigenvalue weighted by Gasteiger charge is -1.91. The first-order chi connectivity index (χ1) is 9.24. The third kappa shape index (κ3) is 4.58. The molecule has 0 saturated carbocycles. The Kier molecular flexibility index (Phi) is 4.72. The van der Waals surface area contributed by atoms with Crippen LogP contribution in [-0.4, -0.2) is 35.5 Å². The second-order valence-corrected chi connectivity index (χ2v) is 4.62. The summed E-state index contributed by atoms with van der Waals surface area (Å²) in [5, 5.41) is 0. The number of H-pyrrole nitrogens is 2. The summed E-state index contributed by atoms with van der Waals surface area (Å²) in [4.78, 5) is 15.2. The van der Waals surface area contributed by atoms with Gasteiger partial charge in [0, 0.05) is 36.9 Å². The third-order valence-corrected chi connectivity index (χ3v) is 2.74. The molecule has 0 spiro atoms. The van der Waals surface area contributed by atoms with Crippen LogP contribution in [0.25, 0.3) is 0 Å². The zero-order valence-corrected chi connectivity index (χ0v) is 11.5. The van der Waals surface area contributed by atoms with E-state index in [9.17, 15) is 0 Å². The van der Waals surface area contributed by atoms with Crippen molar-refractivity contribution in [2.45, 2.75) is 20.3 Å². The van der Waals surface area contributed by atoms with Crippen LogP contribution in [0.5, 0.6) is 0 Å². The van der Waals surface area contributed by atoms with Gasteiger partial charge in [-0.3, -0.25) is 9.98 Å². The number of hydrogen-bond donors (Lipinski definition) is 2. The number of rotatable bonds is 6. The smallest absolute Gasteiger partial charge is 0.0563 e. The van der Waals surface area contributed by atoms with Gasteiger partial charge in [0.25, 0.3) is 0 Å². The summed E-state index contributed by atoms with van der Waals surface area (Å²) < 4.78 is 0. The van der Waals surface area contributed by atoms with E-state index in [-0.39, 0.29) is 0 Å². The van der Waals surface area contributed by atoms with Gasteiger partial charge in [-0.25, -0.2) is 0 Å². The first-order valence-corrected chi connectivity index (χ1v) is 6.55. The monoisotopic (exact) mass is 256 g/mol. The lowest BCUT2D eigenvalue weighted by atomic mass is 10.4. The maximum absolute atomic E-state index is 4.37. The average molecular weight is 256 g/mol. The maximum Gasteiger partial charge on any atom is 0.0563 e. The van der Waals surface area contributed by atoms with Crippen molar-refractivity contribution >= 4 is 12.4 Å². The molecular weight excluding hydrogens is 236 g/mol. The maximum atomic E-state index is 4.37. The Bertz CT molecular complexity index is 510. The number of aromatic nitrogens is 2. The predicted molar refractivity (Wildman–Crippen MR) is 80.6 cm³/mol. The second kappa shape index (κ2) is 6.73. The highest BCUT2D eigenvalue weighted by Crippen LogP contribution is 1.98. The van der Waals surface area contributed by atoms with Crippen LogP contribution in [-0.2, 0) is 0 Å². The van der Waals surface area contributed by atoms with Gasteiger partial charge in [-0.1, -0.05) is 0 Å². The molecule has 4 heteroatoms. The number of aryl methyl sites for hydroxylation is 2. The van der Waals surface area contributed by atoms with Gasteiger partial charge in [-0.15, -0.1) is 0 Å². The van der Waals surface area contributed by atoms with Crippen LogP contribution in [0.2, 0.25) is 0 Å². The minimum atomic E-state index is 0.805. The average Bonchev–Trinajstić information content (AvgIpc) is 2.97. The molecule has 0 atom stereocenters.